The van der Waals surface area contributed by atoms with E-state index in [1.54, 1.807) is 35.6 Å². The summed E-state index contributed by atoms with van der Waals surface area (Å²) in [5.74, 6) is -0.918. The van der Waals surface area contributed by atoms with Crippen LogP contribution in [0.5, 0.6) is 0 Å². The van der Waals surface area contributed by atoms with Crippen LogP contribution in [0.25, 0.3) is 21.8 Å². The van der Waals surface area contributed by atoms with Crippen molar-refractivity contribution in [1.82, 2.24) is 4.98 Å². The zero-order chi connectivity index (χ0) is 21.8. The summed E-state index contributed by atoms with van der Waals surface area (Å²) in [6, 6.07) is 22.2. The summed E-state index contributed by atoms with van der Waals surface area (Å²) in [6.45, 7) is 2.08. The van der Waals surface area contributed by atoms with Crippen molar-refractivity contribution in [2.75, 3.05) is 12.4 Å². The van der Waals surface area contributed by atoms with E-state index in [-0.39, 0.29) is 17.0 Å². The molecule has 5 nitrogen and oxygen atoms in total. The number of esters is 1. The van der Waals surface area contributed by atoms with E-state index in [4.69, 9.17) is 9.72 Å². The summed E-state index contributed by atoms with van der Waals surface area (Å²) in [7, 11) is 1.29. The van der Waals surface area contributed by atoms with Crippen molar-refractivity contribution in [3.05, 3.63) is 94.9 Å². The average Bonchev–Trinajstić information content (AvgIpc) is 3.29. The van der Waals surface area contributed by atoms with Gasteiger partial charge in [-0.25, -0.2) is 9.78 Å². The number of aryl methyl sites for hydroxylation is 1. The van der Waals surface area contributed by atoms with Gasteiger partial charge in [-0.05, 0) is 36.8 Å². The lowest BCUT2D eigenvalue weighted by molar-refractivity contribution is 0.0597. The number of nitrogens with one attached hydrogen (secondary N) is 1. The third-order valence-electron chi connectivity index (χ3n) is 4.90. The molecule has 154 valence electrons. The van der Waals surface area contributed by atoms with Gasteiger partial charge in [0.25, 0.3) is 5.91 Å². The fourth-order valence-electron chi connectivity index (χ4n) is 3.23. The Hall–Kier alpha value is -3.77. The Kier molecular flexibility index (Phi) is 5.91. The van der Waals surface area contributed by atoms with Crippen molar-refractivity contribution >= 4 is 28.9 Å². The molecule has 1 amide bonds. The molecule has 0 aliphatic carbocycles. The lowest BCUT2D eigenvalue weighted by atomic mass is 10.1. The first kappa shape index (κ1) is 20.5. The SMILES string of the molecule is COC(=O)c1ccccc1C(=O)Nc1ccc(-c2csc(-c3ccccc3C)n2)cc1. The number of benzene rings is 3. The maximum absolute atomic E-state index is 12.7. The number of carbonyl (C=O) groups is 2. The summed E-state index contributed by atoms with van der Waals surface area (Å²) in [5.41, 5.74) is 5.29. The van der Waals surface area contributed by atoms with Gasteiger partial charge in [-0.3, -0.25) is 4.79 Å². The first-order valence-corrected chi connectivity index (χ1v) is 10.6. The molecule has 1 aromatic heterocycles. The van der Waals surface area contributed by atoms with Crippen molar-refractivity contribution in [3.8, 4) is 21.8 Å². The van der Waals surface area contributed by atoms with Gasteiger partial charge in [0.15, 0.2) is 0 Å². The van der Waals surface area contributed by atoms with Crippen LogP contribution in [0, 0.1) is 6.92 Å². The third-order valence-corrected chi connectivity index (χ3v) is 5.77. The fourth-order valence-corrected chi connectivity index (χ4v) is 4.15. The summed E-state index contributed by atoms with van der Waals surface area (Å²) < 4.78 is 4.76. The number of hydrogen-bond donors (Lipinski definition) is 1. The first-order valence-electron chi connectivity index (χ1n) is 9.67. The summed E-state index contributed by atoms with van der Waals surface area (Å²) in [4.78, 5) is 29.4. The molecule has 0 aliphatic heterocycles. The van der Waals surface area contributed by atoms with Gasteiger partial charge in [0.2, 0.25) is 0 Å². The molecule has 0 unspecified atom stereocenters. The number of aromatic nitrogens is 1. The van der Waals surface area contributed by atoms with Crippen molar-refractivity contribution < 1.29 is 14.3 Å². The van der Waals surface area contributed by atoms with E-state index < -0.39 is 5.97 Å². The van der Waals surface area contributed by atoms with Gasteiger partial charge in [-0.2, -0.15) is 0 Å². The van der Waals surface area contributed by atoms with Crippen molar-refractivity contribution in [2.45, 2.75) is 6.92 Å². The van der Waals surface area contributed by atoms with E-state index in [0.29, 0.717) is 5.69 Å². The number of methoxy groups -OCH3 is 1. The zero-order valence-corrected chi connectivity index (χ0v) is 17.9. The van der Waals surface area contributed by atoms with E-state index in [9.17, 15) is 9.59 Å². The normalized spacial score (nSPS) is 10.5. The van der Waals surface area contributed by atoms with E-state index >= 15 is 0 Å². The molecule has 0 spiro atoms. The summed E-state index contributed by atoms with van der Waals surface area (Å²) in [5, 5.41) is 5.84. The number of anilines is 1. The second-order valence-corrected chi connectivity index (χ2v) is 7.78. The quantitative estimate of drug-likeness (QED) is 0.407. The Balaban J connectivity index is 1.52. The largest absolute Gasteiger partial charge is 0.465 e. The molecule has 31 heavy (non-hydrogen) atoms. The molecule has 6 heteroatoms. The minimum Gasteiger partial charge on any atom is -0.465 e. The van der Waals surface area contributed by atoms with Crippen LogP contribution in [0.4, 0.5) is 5.69 Å². The molecule has 4 aromatic rings. The molecule has 1 N–H and O–H groups in total. The highest BCUT2D eigenvalue weighted by molar-refractivity contribution is 7.13. The Bertz CT molecular complexity index is 1250. The highest BCUT2D eigenvalue weighted by Crippen LogP contribution is 2.31. The predicted octanol–water partition coefficient (Wildman–Crippen LogP) is 5.82. The number of nitrogens with zero attached hydrogens (tertiary/aromatic N) is 1. The monoisotopic (exact) mass is 428 g/mol. The molecule has 0 aliphatic rings. The lowest BCUT2D eigenvalue weighted by Crippen LogP contribution is -2.17. The minimum atomic E-state index is -0.547. The van der Waals surface area contributed by atoms with E-state index in [2.05, 4.69) is 24.4 Å². The number of rotatable bonds is 5. The van der Waals surface area contributed by atoms with Crippen LogP contribution in [-0.2, 0) is 4.74 Å². The van der Waals surface area contributed by atoms with E-state index in [1.165, 1.54) is 12.7 Å². The van der Waals surface area contributed by atoms with Crippen LogP contribution in [0.3, 0.4) is 0 Å². The van der Waals surface area contributed by atoms with Crippen LogP contribution in [0.1, 0.15) is 26.3 Å². The van der Waals surface area contributed by atoms with Gasteiger partial charge in [0, 0.05) is 22.2 Å². The van der Waals surface area contributed by atoms with Crippen LogP contribution in [0.15, 0.2) is 78.2 Å². The summed E-state index contributed by atoms with van der Waals surface area (Å²) in [6.07, 6.45) is 0. The molecular formula is C25H20N2O3S. The van der Waals surface area contributed by atoms with E-state index in [0.717, 1.165) is 21.8 Å². The molecule has 0 atom stereocenters. The molecule has 0 saturated carbocycles. The number of carbonyl (C=O) groups excluding carboxylic acids is 2. The summed E-state index contributed by atoms with van der Waals surface area (Å²) >= 11 is 1.61. The molecule has 1 heterocycles. The molecule has 0 saturated heterocycles. The fraction of sp³-hybridized carbons (Fsp3) is 0.0800. The Morgan fingerprint density at radius 3 is 2.29 bits per heavy atom. The molecule has 4 rings (SSSR count). The average molecular weight is 429 g/mol. The zero-order valence-electron chi connectivity index (χ0n) is 17.1. The van der Waals surface area contributed by atoms with Gasteiger partial charge < -0.3 is 10.1 Å². The van der Waals surface area contributed by atoms with E-state index in [1.807, 2.05) is 41.8 Å². The van der Waals surface area contributed by atoms with Crippen LogP contribution in [0.2, 0.25) is 0 Å². The Morgan fingerprint density at radius 2 is 1.58 bits per heavy atom. The highest BCUT2D eigenvalue weighted by atomic mass is 32.1. The molecule has 3 aromatic carbocycles. The number of amides is 1. The maximum atomic E-state index is 12.7. The second kappa shape index (κ2) is 8.93. The van der Waals surface area contributed by atoms with Crippen LogP contribution >= 0.6 is 11.3 Å². The highest BCUT2D eigenvalue weighted by Gasteiger charge is 2.17. The van der Waals surface area contributed by atoms with Crippen molar-refractivity contribution in [3.63, 3.8) is 0 Å². The topological polar surface area (TPSA) is 68.3 Å². The van der Waals surface area contributed by atoms with Gasteiger partial charge in [0.05, 0.1) is 23.9 Å². The molecule has 0 bridgehead atoms. The van der Waals surface area contributed by atoms with Gasteiger partial charge in [-0.15, -0.1) is 11.3 Å². The molecule has 0 fully saturated rings. The standard InChI is InChI=1S/C25H20N2O3S/c1-16-7-3-4-8-19(16)24-27-22(15-31-24)17-11-13-18(14-12-17)26-23(28)20-9-5-6-10-21(20)25(29)30-2/h3-15H,1-2H3,(H,26,28). The van der Waals surface area contributed by atoms with Crippen molar-refractivity contribution in [2.24, 2.45) is 0 Å². The minimum absolute atomic E-state index is 0.227. The molecular weight excluding hydrogens is 408 g/mol. The van der Waals surface area contributed by atoms with Crippen LogP contribution in [-0.4, -0.2) is 24.0 Å². The van der Waals surface area contributed by atoms with Gasteiger partial charge in [0.1, 0.15) is 5.01 Å². The predicted molar refractivity (Wildman–Crippen MR) is 123 cm³/mol. The first-order chi connectivity index (χ1) is 15.1. The number of ether oxygens (including phenoxy) is 1. The van der Waals surface area contributed by atoms with Crippen molar-refractivity contribution in [1.29, 1.82) is 0 Å². The lowest BCUT2D eigenvalue weighted by Gasteiger charge is -2.09. The second-order valence-electron chi connectivity index (χ2n) is 6.92. The van der Waals surface area contributed by atoms with Crippen LogP contribution < -0.4 is 5.32 Å². The Morgan fingerprint density at radius 1 is 0.903 bits per heavy atom. The third kappa shape index (κ3) is 4.39. The number of hydrogen-bond acceptors (Lipinski definition) is 5. The maximum Gasteiger partial charge on any atom is 0.338 e. The smallest absolute Gasteiger partial charge is 0.338 e. The number of thiazole rings is 1. The molecule has 0 radical (unpaired) electrons. The van der Waals surface area contributed by atoms with Gasteiger partial charge in [-0.1, -0.05) is 48.5 Å². The van der Waals surface area contributed by atoms with Gasteiger partial charge >= 0.3 is 5.97 Å². The Labute approximate surface area is 184 Å².